The van der Waals surface area contributed by atoms with Crippen LogP contribution in [0.2, 0.25) is 0 Å². The fourth-order valence-electron chi connectivity index (χ4n) is 3.95. The third-order valence-electron chi connectivity index (χ3n) is 5.60. The third kappa shape index (κ3) is 4.90. The van der Waals surface area contributed by atoms with Crippen LogP contribution in [0.1, 0.15) is 11.3 Å². The van der Waals surface area contributed by atoms with E-state index in [-0.39, 0.29) is 11.8 Å². The number of likely N-dealkylation sites (N-methyl/N-ethyl adjacent to an activating group) is 1. The van der Waals surface area contributed by atoms with Crippen molar-refractivity contribution in [1.29, 1.82) is 0 Å². The summed E-state index contributed by atoms with van der Waals surface area (Å²) in [5.74, 6) is 0.165. The van der Waals surface area contributed by atoms with Crippen LogP contribution in [-0.4, -0.2) is 47.4 Å². The Balaban J connectivity index is 1.45. The molecule has 1 saturated heterocycles. The van der Waals surface area contributed by atoms with Gasteiger partial charge in [-0.15, -0.1) is 0 Å². The van der Waals surface area contributed by atoms with Crippen molar-refractivity contribution in [2.24, 2.45) is 5.92 Å². The average molecular weight is 386 g/mol. The Kier molecular flexibility index (Phi) is 6.01. The highest BCUT2D eigenvalue weighted by atomic mass is 16.2. The average Bonchev–Trinajstić information content (AvgIpc) is 2.90. The van der Waals surface area contributed by atoms with Crippen molar-refractivity contribution in [3.8, 4) is 11.1 Å². The van der Waals surface area contributed by atoms with Gasteiger partial charge < -0.3 is 4.90 Å². The Morgan fingerprint density at radius 2 is 1.62 bits per heavy atom. The summed E-state index contributed by atoms with van der Waals surface area (Å²) in [6, 6.07) is 25.1. The second-order valence-electron chi connectivity index (χ2n) is 7.78. The summed E-state index contributed by atoms with van der Waals surface area (Å²) in [4.78, 5) is 21.5. The van der Waals surface area contributed by atoms with Gasteiger partial charge in [0.05, 0.1) is 5.92 Å². The van der Waals surface area contributed by atoms with Crippen LogP contribution in [0.4, 0.5) is 0 Å². The molecule has 0 saturated carbocycles. The summed E-state index contributed by atoms with van der Waals surface area (Å²) < 4.78 is 0. The Bertz CT molecular complexity index is 925. The largest absolute Gasteiger partial charge is 0.344 e. The molecule has 0 aliphatic carbocycles. The molecule has 2 aromatic carbocycles. The maximum Gasteiger partial charge on any atom is 0.227 e. The lowest BCUT2D eigenvalue weighted by molar-refractivity contribution is -0.133. The summed E-state index contributed by atoms with van der Waals surface area (Å²) >= 11 is 0. The van der Waals surface area contributed by atoms with Crippen LogP contribution in [-0.2, 0) is 17.8 Å². The molecule has 1 amide bonds. The van der Waals surface area contributed by atoms with E-state index in [0.29, 0.717) is 6.42 Å². The maximum absolute atomic E-state index is 12.8. The molecule has 1 atom stereocenters. The van der Waals surface area contributed by atoms with Crippen molar-refractivity contribution in [3.63, 3.8) is 0 Å². The lowest BCUT2D eigenvalue weighted by atomic mass is 10.0. The number of benzene rings is 2. The number of carbonyl (C=O) groups excluding carboxylic acids is 1. The third-order valence-corrected chi connectivity index (χ3v) is 5.60. The van der Waals surface area contributed by atoms with E-state index in [2.05, 4.69) is 58.4 Å². The molecule has 0 bridgehead atoms. The predicted octanol–water partition coefficient (Wildman–Crippen LogP) is 3.88. The number of pyridine rings is 1. The molecule has 4 nitrogen and oxygen atoms in total. The highest BCUT2D eigenvalue weighted by molar-refractivity contribution is 5.79. The van der Waals surface area contributed by atoms with Crippen LogP contribution in [0, 0.1) is 5.92 Å². The van der Waals surface area contributed by atoms with Gasteiger partial charge in [-0.1, -0.05) is 60.7 Å². The van der Waals surface area contributed by atoms with Crippen LogP contribution in [0.3, 0.4) is 0 Å². The first-order chi connectivity index (χ1) is 14.2. The Hall–Kier alpha value is -2.98. The van der Waals surface area contributed by atoms with Crippen LogP contribution < -0.4 is 0 Å². The molecule has 1 aliphatic heterocycles. The standard InChI is InChI=1S/C25H27N3O/c1-27-15-16-28(19-23(25(27)29)17-24-9-5-6-14-26-24)18-20-10-12-22(13-11-20)21-7-3-2-4-8-21/h2-14,23H,15-19H2,1H3/t23-/m0/s1. The first-order valence-corrected chi connectivity index (χ1v) is 10.2. The van der Waals surface area contributed by atoms with Gasteiger partial charge in [0.15, 0.2) is 0 Å². The van der Waals surface area contributed by atoms with E-state index in [1.807, 2.05) is 36.2 Å². The number of nitrogens with zero attached hydrogens (tertiary/aromatic N) is 3. The molecule has 148 valence electrons. The minimum Gasteiger partial charge on any atom is -0.344 e. The van der Waals surface area contributed by atoms with Gasteiger partial charge in [-0.3, -0.25) is 14.7 Å². The van der Waals surface area contributed by atoms with E-state index in [1.165, 1.54) is 16.7 Å². The van der Waals surface area contributed by atoms with E-state index in [4.69, 9.17) is 0 Å². The normalized spacial score (nSPS) is 17.9. The zero-order chi connectivity index (χ0) is 20.1. The van der Waals surface area contributed by atoms with E-state index in [0.717, 1.165) is 31.9 Å². The Morgan fingerprint density at radius 1 is 0.897 bits per heavy atom. The molecule has 3 aromatic rings. The summed E-state index contributed by atoms with van der Waals surface area (Å²) in [6.07, 6.45) is 2.49. The number of rotatable bonds is 5. The number of hydrogen-bond acceptors (Lipinski definition) is 3. The minimum absolute atomic E-state index is 0.0546. The number of amides is 1. The summed E-state index contributed by atoms with van der Waals surface area (Å²) in [7, 11) is 1.91. The second kappa shape index (κ2) is 9.01. The molecule has 0 spiro atoms. The molecule has 1 aliphatic rings. The predicted molar refractivity (Wildman–Crippen MR) is 116 cm³/mol. The molecule has 1 aromatic heterocycles. The number of carbonyl (C=O) groups is 1. The van der Waals surface area contributed by atoms with Gasteiger partial charge >= 0.3 is 0 Å². The lowest BCUT2D eigenvalue weighted by Crippen LogP contribution is -2.34. The smallest absolute Gasteiger partial charge is 0.227 e. The van der Waals surface area contributed by atoms with Crippen molar-refractivity contribution in [2.75, 3.05) is 26.7 Å². The molecular weight excluding hydrogens is 358 g/mol. The SMILES string of the molecule is CN1CCN(Cc2ccc(-c3ccccc3)cc2)C[C@H](Cc2ccccn2)C1=O. The second-order valence-corrected chi connectivity index (χ2v) is 7.78. The lowest BCUT2D eigenvalue weighted by Gasteiger charge is -2.23. The van der Waals surface area contributed by atoms with Crippen molar-refractivity contribution in [1.82, 2.24) is 14.8 Å². The van der Waals surface area contributed by atoms with E-state index >= 15 is 0 Å². The van der Waals surface area contributed by atoms with Crippen LogP contribution in [0.5, 0.6) is 0 Å². The molecule has 0 N–H and O–H groups in total. The molecule has 1 fully saturated rings. The van der Waals surface area contributed by atoms with Gasteiger partial charge in [-0.05, 0) is 28.8 Å². The fourth-order valence-corrected chi connectivity index (χ4v) is 3.95. The Labute approximate surface area is 172 Å². The zero-order valence-corrected chi connectivity index (χ0v) is 16.9. The van der Waals surface area contributed by atoms with Crippen molar-refractivity contribution in [3.05, 3.63) is 90.3 Å². The molecule has 4 rings (SSSR count). The van der Waals surface area contributed by atoms with Crippen molar-refractivity contribution in [2.45, 2.75) is 13.0 Å². The maximum atomic E-state index is 12.8. The molecule has 29 heavy (non-hydrogen) atoms. The van der Waals surface area contributed by atoms with Gasteiger partial charge in [0, 0.05) is 51.5 Å². The molecule has 2 heterocycles. The van der Waals surface area contributed by atoms with Crippen molar-refractivity contribution >= 4 is 5.91 Å². The zero-order valence-electron chi connectivity index (χ0n) is 16.9. The summed E-state index contributed by atoms with van der Waals surface area (Å²) in [5.41, 5.74) is 4.72. The summed E-state index contributed by atoms with van der Waals surface area (Å²) in [6.45, 7) is 3.27. The molecule has 4 heteroatoms. The number of hydrogen-bond donors (Lipinski definition) is 0. The van der Waals surface area contributed by atoms with Gasteiger partial charge in [0.1, 0.15) is 0 Å². The van der Waals surface area contributed by atoms with Gasteiger partial charge in [-0.2, -0.15) is 0 Å². The molecular formula is C25H27N3O. The number of aromatic nitrogens is 1. The fraction of sp³-hybridized carbons (Fsp3) is 0.280. The van der Waals surface area contributed by atoms with Crippen LogP contribution in [0.15, 0.2) is 79.0 Å². The monoisotopic (exact) mass is 385 g/mol. The van der Waals surface area contributed by atoms with Gasteiger partial charge in [0.25, 0.3) is 0 Å². The van der Waals surface area contributed by atoms with E-state index in [9.17, 15) is 4.79 Å². The van der Waals surface area contributed by atoms with Crippen LogP contribution >= 0.6 is 0 Å². The van der Waals surface area contributed by atoms with E-state index < -0.39 is 0 Å². The van der Waals surface area contributed by atoms with Crippen molar-refractivity contribution < 1.29 is 4.79 Å². The Morgan fingerprint density at radius 3 is 2.34 bits per heavy atom. The van der Waals surface area contributed by atoms with E-state index in [1.54, 1.807) is 6.20 Å². The first-order valence-electron chi connectivity index (χ1n) is 10.2. The first kappa shape index (κ1) is 19.3. The highest BCUT2D eigenvalue weighted by Crippen LogP contribution is 2.21. The summed E-state index contributed by atoms with van der Waals surface area (Å²) in [5, 5.41) is 0. The van der Waals surface area contributed by atoms with Crippen LogP contribution in [0.25, 0.3) is 11.1 Å². The molecule has 0 radical (unpaired) electrons. The topological polar surface area (TPSA) is 36.4 Å². The quantitative estimate of drug-likeness (QED) is 0.669. The minimum atomic E-state index is -0.0546. The highest BCUT2D eigenvalue weighted by Gasteiger charge is 2.28. The molecule has 0 unspecified atom stereocenters. The van der Waals surface area contributed by atoms with Gasteiger partial charge in [-0.25, -0.2) is 0 Å². The van der Waals surface area contributed by atoms with Gasteiger partial charge in [0.2, 0.25) is 5.91 Å².